The first-order valence-corrected chi connectivity index (χ1v) is 11.6. The van der Waals surface area contributed by atoms with Crippen molar-refractivity contribution in [2.45, 2.75) is 17.7 Å². The number of nitrogens with zero attached hydrogens (tertiary/aromatic N) is 1. The van der Waals surface area contributed by atoms with Crippen molar-refractivity contribution in [3.8, 4) is 0 Å². The van der Waals surface area contributed by atoms with Crippen molar-refractivity contribution in [3.05, 3.63) is 72.3 Å². The summed E-state index contributed by atoms with van der Waals surface area (Å²) in [4.78, 5) is 39.8. The summed E-state index contributed by atoms with van der Waals surface area (Å²) in [5.74, 6) is -0.568. The van der Waals surface area contributed by atoms with Crippen molar-refractivity contribution >= 4 is 45.9 Å². The predicted molar refractivity (Wildman–Crippen MR) is 128 cm³/mol. The van der Waals surface area contributed by atoms with Crippen LogP contribution in [0.3, 0.4) is 0 Å². The van der Waals surface area contributed by atoms with Crippen molar-refractivity contribution in [2.24, 2.45) is 11.7 Å². The number of primary amides is 1. The van der Waals surface area contributed by atoms with Gasteiger partial charge in [0.15, 0.2) is 0 Å². The Morgan fingerprint density at radius 2 is 1.62 bits per heavy atom. The van der Waals surface area contributed by atoms with Crippen molar-refractivity contribution in [2.75, 3.05) is 24.2 Å². The smallest absolute Gasteiger partial charge is 0.255 e. The fourth-order valence-corrected chi connectivity index (χ4v) is 4.65. The predicted octanol–water partition coefficient (Wildman–Crippen LogP) is 3.91. The van der Waals surface area contributed by atoms with Crippen molar-refractivity contribution in [1.82, 2.24) is 4.90 Å². The van der Waals surface area contributed by atoms with Gasteiger partial charge in [0, 0.05) is 23.9 Å². The summed E-state index contributed by atoms with van der Waals surface area (Å²) in [5.41, 5.74) is 6.34. The van der Waals surface area contributed by atoms with Gasteiger partial charge in [-0.25, -0.2) is 0 Å². The number of carbonyl (C=O) groups excluding carboxylic acids is 3. The zero-order valence-corrected chi connectivity index (χ0v) is 18.4. The number of para-hydroxylation sites is 1. The number of nitrogens with one attached hydrogen (secondary N) is 1. The lowest BCUT2D eigenvalue weighted by molar-refractivity contribution is -0.123. The number of hydrogen-bond acceptors (Lipinski definition) is 4. The fourth-order valence-electron chi connectivity index (χ4n) is 3.91. The van der Waals surface area contributed by atoms with E-state index in [4.69, 9.17) is 5.73 Å². The van der Waals surface area contributed by atoms with Crippen molar-refractivity contribution in [1.29, 1.82) is 0 Å². The highest BCUT2D eigenvalue weighted by Gasteiger charge is 2.27. The van der Waals surface area contributed by atoms with E-state index in [0.29, 0.717) is 37.2 Å². The van der Waals surface area contributed by atoms with Gasteiger partial charge in [-0.3, -0.25) is 14.4 Å². The lowest BCUT2D eigenvalue weighted by Crippen LogP contribution is -2.42. The van der Waals surface area contributed by atoms with Crippen molar-refractivity contribution < 1.29 is 14.4 Å². The van der Waals surface area contributed by atoms with E-state index in [1.807, 2.05) is 30.3 Å². The minimum absolute atomic E-state index is 0.147. The normalized spacial score (nSPS) is 14.3. The largest absolute Gasteiger partial charge is 0.369 e. The molecule has 0 aromatic heterocycles. The third-order valence-electron chi connectivity index (χ3n) is 5.71. The van der Waals surface area contributed by atoms with E-state index < -0.39 is 0 Å². The molecule has 32 heavy (non-hydrogen) atoms. The van der Waals surface area contributed by atoms with E-state index in [2.05, 4.69) is 17.4 Å². The molecule has 4 rings (SSSR count). The number of nitrogens with two attached hydrogens (primary N) is 1. The first kappa shape index (κ1) is 21.9. The number of anilines is 1. The van der Waals surface area contributed by atoms with Crippen LogP contribution in [0.5, 0.6) is 0 Å². The van der Waals surface area contributed by atoms with E-state index in [1.165, 1.54) is 11.8 Å². The average molecular weight is 448 g/mol. The quantitative estimate of drug-likeness (QED) is 0.561. The molecule has 1 aliphatic rings. The van der Waals surface area contributed by atoms with E-state index in [1.54, 1.807) is 29.2 Å². The molecule has 0 unspecified atom stereocenters. The first-order valence-electron chi connectivity index (χ1n) is 10.6. The van der Waals surface area contributed by atoms with Crippen LogP contribution in [0.4, 0.5) is 5.69 Å². The van der Waals surface area contributed by atoms with Gasteiger partial charge in [-0.15, -0.1) is 11.8 Å². The van der Waals surface area contributed by atoms with Crippen LogP contribution in [-0.4, -0.2) is 41.5 Å². The highest BCUT2D eigenvalue weighted by Crippen LogP contribution is 2.25. The molecule has 0 aliphatic carbocycles. The Bertz CT molecular complexity index is 1160. The highest BCUT2D eigenvalue weighted by molar-refractivity contribution is 8.00. The lowest BCUT2D eigenvalue weighted by Gasteiger charge is -2.31. The number of likely N-dealkylation sites (tertiary alicyclic amines) is 1. The molecule has 6 nitrogen and oxygen atoms in total. The van der Waals surface area contributed by atoms with E-state index in [-0.39, 0.29) is 29.4 Å². The van der Waals surface area contributed by atoms with Crippen molar-refractivity contribution in [3.63, 3.8) is 0 Å². The molecule has 3 aromatic rings. The molecule has 0 radical (unpaired) electrons. The molecule has 3 aromatic carbocycles. The second-order valence-corrected chi connectivity index (χ2v) is 8.91. The van der Waals surface area contributed by atoms with Gasteiger partial charge in [0.2, 0.25) is 11.8 Å². The van der Waals surface area contributed by atoms with Crippen LogP contribution in [0, 0.1) is 5.92 Å². The molecule has 1 fully saturated rings. The van der Waals surface area contributed by atoms with Crippen LogP contribution < -0.4 is 11.1 Å². The second kappa shape index (κ2) is 9.87. The Morgan fingerprint density at radius 3 is 2.38 bits per heavy atom. The standard InChI is InChI=1S/C25H25N3O3S/c26-24(30)18-11-13-28(14-12-18)25(31)21-7-3-4-8-22(21)27-23(29)16-32-20-10-9-17-5-1-2-6-19(17)15-20/h1-10,15,18H,11-14,16H2,(H2,26,30)(H,27,29). The highest BCUT2D eigenvalue weighted by atomic mass is 32.2. The average Bonchev–Trinajstić information content (AvgIpc) is 2.82. The molecule has 3 N–H and O–H groups in total. The van der Waals surface area contributed by atoms with Gasteiger partial charge in [0.1, 0.15) is 0 Å². The summed E-state index contributed by atoms with van der Waals surface area (Å²) in [7, 11) is 0. The molecule has 0 bridgehead atoms. The Labute approximate surface area is 191 Å². The zero-order chi connectivity index (χ0) is 22.5. The minimum atomic E-state index is -0.311. The molecular formula is C25H25N3O3S. The maximum atomic E-state index is 13.0. The molecule has 0 saturated carbocycles. The van der Waals surface area contributed by atoms with Gasteiger partial charge in [-0.05, 0) is 47.9 Å². The molecule has 1 saturated heterocycles. The fraction of sp³-hybridized carbons (Fsp3) is 0.240. The van der Waals surface area contributed by atoms with Gasteiger partial charge in [-0.2, -0.15) is 0 Å². The Hall–Kier alpha value is -3.32. The zero-order valence-electron chi connectivity index (χ0n) is 17.6. The molecule has 0 spiro atoms. The van der Waals surface area contributed by atoms with Gasteiger partial charge in [0.25, 0.3) is 5.91 Å². The Balaban J connectivity index is 1.38. The number of piperidine rings is 1. The molecular weight excluding hydrogens is 422 g/mol. The van der Waals surface area contributed by atoms with Crippen LogP contribution in [0.25, 0.3) is 10.8 Å². The number of amides is 3. The Kier molecular flexibility index (Phi) is 6.75. The monoisotopic (exact) mass is 447 g/mol. The van der Waals surface area contributed by atoms with E-state index in [9.17, 15) is 14.4 Å². The maximum Gasteiger partial charge on any atom is 0.255 e. The molecule has 7 heteroatoms. The topological polar surface area (TPSA) is 92.5 Å². The first-order chi connectivity index (χ1) is 15.5. The molecule has 164 valence electrons. The number of fused-ring (bicyclic) bond motifs is 1. The third kappa shape index (κ3) is 5.11. The number of benzene rings is 3. The summed E-state index contributed by atoms with van der Waals surface area (Å²) >= 11 is 1.46. The van der Waals surface area contributed by atoms with Crippen LogP contribution in [0.2, 0.25) is 0 Å². The van der Waals surface area contributed by atoms with Crippen LogP contribution in [0.15, 0.2) is 71.6 Å². The third-order valence-corrected chi connectivity index (χ3v) is 6.70. The summed E-state index contributed by atoms with van der Waals surface area (Å²) in [5, 5.41) is 5.18. The number of thioether (sulfide) groups is 1. The van der Waals surface area contributed by atoms with Gasteiger partial charge in [-0.1, -0.05) is 42.5 Å². The minimum Gasteiger partial charge on any atom is -0.369 e. The molecule has 3 amide bonds. The lowest BCUT2D eigenvalue weighted by atomic mass is 9.95. The van der Waals surface area contributed by atoms with Crippen LogP contribution >= 0.6 is 11.8 Å². The van der Waals surface area contributed by atoms with Gasteiger partial charge < -0.3 is 16.0 Å². The summed E-state index contributed by atoms with van der Waals surface area (Å²) in [6.07, 6.45) is 1.13. The summed E-state index contributed by atoms with van der Waals surface area (Å²) < 4.78 is 0. The maximum absolute atomic E-state index is 13.0. The second-order valence-electron chi connectivity index (χ2n) is 7.86. The molecule has 1 heterocycles. The Morgan fingerprint density at radius 1 is 0.938 bits per heavy atom. The number of carbonyl (C=O) groups is 3. The summed E-state index contributed by atoms with van der Waals surface area (Å²) in [6, 6.07) is 21.3. The van der Waals surface area contributed by atoms with E-state index >= 15 is 0 Å². The van der Waals surface area contributed by atoms with Crippen LogP contribution in [0.1, 0.15) is 23.2 Å². The van der Waals surface area contributed by atoms with E-state index in [0.717, 1.165) is 15.7 Å². The molecule has 1 aliphatic heterocycles. The number of rotatable bonds is 6. The number of hydrogen-bond donors (Lipinski definition) is 2. The molecule has 0 atom stereocenters. The van der Waals surface area contributed by atoms with Gasteiger partial charge >= 0.3 is 0 Å². The van der Waals surface area contributed by atoms with Gasteiger partial charge in [0.05, 0.1) is 17.0 Å². The summed E-state index contributed by atoms with van der Waals surface area (Å²) in [6.45, 7) is 0.957. The SMILES string of the molecule is NC(=O)C1CCN(C(=O)c2ccccc2NC(=O)CSc2ccc3ccccc3c2)CC1. The van der Waals surface area contributed by atoms with Crippen LogP contribution in [-0.2, 0) is 9.59 Å².